The number of aliphatic hydroxyl groups is 1. The maximum absolute atomic E-state index is 13.8. The molecule has 0 aliphatic heterocycles. The molecule has 0 bridgehead atoms. The van der Waals surface area contributed by atoms with E-state index in [-0.39, 0.29) is 19.0 Å². The Labute approximate surface area is 193 Å². The van der Waals surface area contributed by atoms with E-state index in [9.17, 15) is 9.50 Å². The highest BCUT2D eigenvalue weighted by atomic mass is 19.1. The van der Waals surface area contributed by atoms with Gasteiger partial charge < -0.3 is 14.6 Å². The number of nitrogens with zero attached hydrogens (tertiary/aromatic N) is 3. The zero-order valence-electron chi connectivity index (χ0n) is 18.7. The fourth-order valence-corrected chi connectivity index (χ4v) is 3.77. The molecule has 1 atom stereocenters. The van der Waals surface area contributed by atoms with Gasteiger partial charge in [0.2, 0.25) is 5.88 Å². The Kier molecular flexibility index (Phi) is 7.40. The Morgan fingerprint density at radius 2 is 2.03 bits per heavy atom. The van der Waals surface area contributed by atoms with Gasteiger partial charge in [-0.1, -0.05) is 30.2 Å². The van der Waals surface area contributed by atoms with E-state index in [1.54, 1.807) is 16.8 Å². The maximum Gasteiger partial charge on any atom is 0.227 e. The Morgan fingerprint density at radius 1 is 1.24 bits per heavy atom. The Bertz CT molecular complexity index is 1110. The molecule has 0 radical (unpaired) electrons. The maximum atomic E-state index is 13.8. The Hall–Kier alpha value is -3.18. The topological polar surface area (TPSA) is 59.8 Å². The van der Waals surface area contributed by atoms with Gasteiger partial charge in [0.15, 0.2) is 0 Å². The summed E-state index contributed by atoms with van der Waals surface area (Å²) >= 11 is 0. The largest absolute Gasteiger partial charge is 0.438 e. The summed E-state index contributed by atoms with van der Waals surface area (Å²) in [5, 5.41) is 15.2. The third-order valence-electron chi connectivity index (χ3n) is 5.51. The second-order valence-electron chi connectivity index (χ2n) is 8.21. The third-order valence-corrected chi connectivity index (χ3v) is 5.51. The van der Waals surface area contributed by atoms with Crippen LogP contribution in [0.2, 0.25) is 0 Å². The van der Waals surface area contributed by atoms with Gasteiger partial charge >= 0.3 is 0 Å². The van der Waals surface area contributed by atoms with Crippen molar-refractivity contribution in [3.63, 3.8) is 0 Å². The first-order valence-corrected chi connectivity index (χ1v) is 11.1. The molecule has 1 aliphatic rings. The molecule has 1 fully saturated rings. The Morgan fingerprint density at radius 3 is 2.73 bits per heavy atom. The number of terminal acetylenes is 1. The molecule has 0 saturated heterocycles. The lowest BCUT2D eigenvalue weighted by Crippen LogP contribution is -2.36. The van der Waals surface area contributed by atoms with Crippen molar-refractivity contribution in [3.05, 3.63) is 71.7 Å². The normalized spacial score (nSPS) is 14.3. The molecule has 0 spiro atoms. The van der Waals surface area contributed by atoms with Gasteiger partial charge in [0.05, 0.1) is 29.7 Å². The highest BCUT2D eigenvalue weighted by Crippen LogP contribution is 2.35. The molecule has 4 rings (SSSR count). The van der Waals surface area contributed by atoms with Crippen molar-refractivity contribution in [2.45, 2.75) is 38.5 Å². The lowest BCUT2D eigenvalue weighted by Gasteiger charge is -2.25. The first kappa shape index (κ1) is 23.0. The van der Waals surface area contributed by atoms with Crippen LogP contribution in [0, 0.1) is 25.1 Å². The van der Waals surface area contributed by atoms with Gasteiger partial charge in [0, 0.05) is 25.2 Å². The summed E-state index contributed by atoms with van der Waals surface area (Å²) in [7, 11) is 0. The number of ether oxygens (including phenoxy) is 2. The van der Waals surface area contributed by atoms with Crippen molar-refractivity contribution in [2.75, 3.05) is 19.8 Å². The van der Waals surface area contributed by atoms with Crippen molar-refractivity contribution in [1.29, 1.82) is 0 Å². The summed E-state index contributed by atoms with van der Waals surface area (Å²) in [6.07, 6.45) is 6.71. The lowest BCUT2D eigenvalue weighted by molar-refractivity contribution is 0.0240. The quantitative estimate of drug-likeness (QED) is 0.353. The molecule has 172 valence electrons. The van der Waals surface area contributed by atoms with Crippen molar-refractivity contribution >= 4 is 0 Å². The number of rotatable bonds is 11. The smallest absolute Gasteiger partial charge is 0.227 e. The van der Waals surface area contributed by atoms with E-state index in [0.29, 0.717) is 30.8 Å². The van der Waals surface area contributed by atoms with Gasteiger partial charge in [-0.15, -0.1) is 6.42 Å². The van der Waals surface area contributed by atoms with Crippen LogP contribution >= 0.6 is 0 Å². The standard InChI is InChI=1S/C26H28FN3O3/c1-3-14-32-18-23(31)16-29(21-12-13-21)17-25-19(2)28-30(22-9-5-4-6-10-22)26(25)33-24-11-7-8-20(27)15-24/h1,4-11,15,21,23,31H,12-14,16-18H2,2H3. The van der Waals surface area contributed by atoms with Gasteiger partial charge in [-0.3, -0.25) is 4.90 Å². The number of aliphatic hydroxyl groups excluding tert-OH is 1. The molecule has 0 amide bonds. The third kappa shape index (κ3) is 5.99. The zero-order chi connectivity index (χ0) is 23.2. The Balaban J connectivity index is 1.63. The van der Waals surface area contributed by atoms with Crippen LogP contribution in [0.3, 0.4) is 0 Å². The summed E-state index contributed by atoms with van der Waals surface area (Å²) in [5.41, 5.74) is 2.56. The fraction of sp³-hybridized carbons (Fsp3) is 0.346. The van der Waals surface area contributed by atoms with Crippen LogP contribution in [0.1, 0.15) is 24.1 Å². The highest BCUT2D eigenvalue weighted by Gasteiger charge is 2.32. The van der Waals surface area contributed by atoms with E-state index in [4.69, 9.17) is 21.0 Å². The average molecular weight is 450 g/mol. The van der Waals surface area contributed by atoms with E-state index in [1.165, 1.54) is 12.1 Å². The number of aromatic nitrogens is 2. The van der Waals surface area contributed by atoms with E-state index >= 15 is 0 Å². The minimum atomic E-state index is -0.656. The van der Waals surface area contributed by atoms with Crippen molar-refractivity contribution in [3.8, 4) is 29.7 Å². The molecular formula is C26H28FN3O3. The highest BCUT2D eigenvalue weighted by molar-refractivity contribution is 5.43. The van der Waals surface area contributed by atoms with Gasteiger partial charge in [0.1, 0.15) is 18.2 Å². The van der Waals surface area contributed by atoms with Gasteiger partial charge in [-0.25, -0.2) is 9.07 Å². The zero-order valence-corrected chi connectivity index (χ0v) is 18.7. The molecule has 1 aromatic heterocycles. The summed E-state index contributed by atoms with van der Waals surface area (Å²) < 4.78 is 27.1. The van der Waals surface area contributed by atoms with Gasteiger partial charge in [0.25, 0.3) is 0 Å². The minimum absolute atomic E-state index is 0.176. The first-order valence-electron chi connectivity index (χ1n) is 11.1. The molecule has 1 N–H and O–H groups in total. The SMILES string of the molecule is C#CCOCC(O)CN(Cc1c(C)nn(-c2ccccc2)c1Oc1cccc(F)c1)C1CC1. The number of para-hydroxylation sites is 1. The summed E-state index contributed by atoms with van der Waals surface area (Å²) in [6, 6.07) is 16.1. The predicted molar refractivity (Wildman–Crippen MR) is 124 cm³/mol. The van der Waals surface area contributed by atoms with Gasteiger partial charge in [-0.2, -0.15) is 5.10 Å². The predicted octanol–water partition coefficient (Wildman–Crippen LogP) is 4.09. The van der Waals surface area contributed by atoms with Crippen LogP contribution in [0.4, 0.5) is 4.39 Å². The lowest BCUT2D eigenvalue weighted by atomic mass is 10.2. The molecule has 6 nitrogen and oxygen atoms in total. The van der Waals surface area contributed by atoms with Crippen LogP contribution in [-0.4, -0.2) is 51.7 Å². The van der Waals surface area contributed by atoms with Crippen molar-refractivity contribution < 1.29 is 19.0 Å². The van der Waals surface area contributed by atoms with Gasteiger partial charge in [-0.05, 0) is 44.0 Å². The van der Waals surface area contributed by atoms with Crippen molar-refractivity contribution in [2.24, 2.45) is 0 Å². The van der Waals surface area contributed by atoms with Crippen LogP contribution in [-0.2, 0) is 11.3 Å². The molecular weight excluding hydrogens is 421 g/mol. The van der Waals surface area contributed by atoms with E-state index < -0.39 is 6.10 Å². The number of benzene rings is 2. The second kappa shape index (κ2) is 10.6. The fourth-order valence-electron chi connectivity index (χ4n) is 3.77. The van der Waals surface area contributed by atoms with Crippen LogP contribution in [0.25, 0.3) is 5.69 Å². The first-order chi connectivity index (χ1) is 16.0. The molecule has 1 unspecified atom stereocenters. The summed E-state index contributed by atoms with van der Waals surface area (Å²) in [6.45, 7) is 3.28. The molecule has 2 aromatic carbocycles. The minimum Gasteiger partial charge on any atom is -0.438 e. The van der Waals surface area contributed by atoms with E-state index in [0.717, 1.165) is 29.8 Å². The molecule has 33 heavy (non-hydrogen) atoms. The van der Waals surface area contributed by atoms with E-state index in [2.05, 4.69) is 10.8 Å². The molecule has 1 saturated carbocycles. The molecule has 1 heterocycles. The molecule has 3 aromatic rings. The van der Waals surface area contributed by atoms with Crippen molar-refractivity contribution in [1.82, 2.24) is 14.7 Å². The molecule has 1 aliphatic carbocycles. The number of aryl methyl sites for hydroxylation is 1. The monoisotopic (exact) mass is 449 g/mol. The molecule has 7 heteroatoms. The average Bonchev–Trinajstić information content (AvgIpc) is 3.61. The summed E-state index contributed by atoms with van der Waals surface area (Å²) in [5.74, 6) is 2.97. The number of hydrogen-bond donors (Lipinski definition) is 1. The van der Waals surface area contributed by atoms with Crippen LogP contribution in [0.15, 0.2) is 54.6 Å². The second-order valence-corrected chi connectivity index (χ2v) is 8.21. The number of hydrogen-bond acceptors (Lipinski definition) is 5. The van der Waals surface area contributed by atoms with Crippen LogP contribution in [0.5, 0.6) is 11.6 Å². The van der Waals surface area contributed by atoms with Crippen LogP contribution < -0.4 is 4.74 Å². The number of halogens is 1. The summed E-state index contributed by atoms with van der Waals surface area (Å²) in [4.78, 5) is 2.22. The van der Waals surface area contributed by atoms with E-state index in [1.807, 2.05) is 37.3 Å².